The molecule has 0 saturated heterocycles. The lowest BCUT2D eigenvalue weighted by Crippen LogP contribution is -2.30. The largest absolute Gasteiger partial charge is 0.367 e. The van der Waals surface area contributed by atoms with Crippen LogP contribution in [0.25, 0.3) is 22.0 Å². The lowest BCUT2D eigenvalue weighted by atomic mass is 10.0. The molecule has 1 heterocycles. The van der Waals surface area contributed by atoms with Crippen LogP contribution >= 0.6 is 0 Å². The third-order valence-corrected chi connectivity index (χ3v) is 5.64. The van der Waals surface area contributed by atoms with Crippen LogP contribution in [0.5, 0.6) is 0 Å². The molecule has 0 aliphatic heterocycles. The monoisotopic (exact) mass is 390 g/mol. The van der Waals surface area contributed by atoms with E-state index >= 15 is 0 Å². The van der Waals surface area contributed by atoms with E-state index in [1.54, 1.807) is 19.3 Å². The van der Waals surface area contributed by atoms with Crippen LogP contribution in [-0.4, -0.2) is 32.9 Å². The Labute approximate surface area is 169 Å². The summed E-state index contributed by atoms with van der Waals surface area (Å²) in [6.07, 6.45) is 5.96. The summed E-state index contributed by atoms with van der Waals surface area (Å²) in [5.74, 6) is 0.590. The highest BCUT2D eigenvalue weighted by molar-refractivity contribution is 5.92. The molecule has 1 amide bonds. The molecule has 0 unspecified atom stereocenters. The summed E-state index contributed by atoms with van der Waals surface area (Å²) < 4.78 is 14.7. The number of hydrogen-bond donors (Lipinski definition) is 1. The minimum Gasteiger partial charge on any atom is -0.367 e. The molecule has 3 aromatic rings. The Morgan fingerprint density at radius 1 is 1.14 bits per heavy atom. The second-order valence-electron chi connectivity index (χ2n) is 8.07. The van der Waals surface area contributed by atoms with Gasteiger partial charge in [0.15, 0.2) is 0 Å². The van der Waals surface area contributed by atoms with Gasteiger partial charge in [0.25, 0.3) is 0 Å². The van der Waals surface area contributed by atoms with Gasteiger partial charge >= 0.3 is 0 Å². The molecule has 2 fully saturated rings. The third-order valence-electron chi connectivity index (χ3n) is 5.64. The van der Waals surface area contributed by atoms with Crippen molar-refractivity contribution in [3.63, 3.8) is 0 Å². The summed E-state index contributed by atoms with van der Waals surface area (Å²) >= 11 is 0. The molecule has 2 saturated carbocycles. The molecular formula is C23H23FN4O. The Bertz CT molecular complexity index is 1090. The molecule has 0 spiro atoms. The summed E-state index contributed by atoms with van der Waals surface area (Å²) in [5, 5.41) is 4.33. The zero-order valence-corrected chi connectivity index (χ0v) is 16.4. The number of fused-ring (bicyclic) bond motifs is 1. The molecular weight excluding hydrogens is 367 g/mol. The van der Waals surface area contributed by atoms with Crippen molar-refractivity contribution in [1.29, 1.82) is 0 Å². The van der Waals surface area contributed by atoms with Crippen LogP contribution in [0, 0.1) is 5.82 Å². The fourth-order valence-electron chi connectivity index (χ4n) is 3.73. The Morgan fingerprint density at radius 3 is 2.69 bits per heavy atom. The van der Waals surface area contributed by atoms with Crippen LogP contribution < -0.4 is 5.32 Å². The van der Waals surface area contributed by atoms with Gasteiger partial charge in [-0.2, -0.15) is 0 Å². The van der Waals surface area contributed by atoms with E-state index in [-0.39, 0.29) is 11.7 Å². The van der Waals surface area contributed by atoms with Crippen LogP contribution in [-0.2, 0) is 11.3 Å². The van der Waals surface area contributed by atoms with Gasteiger partial charge < -0.3 is 10.2 Å². The van der Waals surface area contributed by atoms with Crippen LogP contribution in [0.2, 0.25) is 0 Å². The second-order valence-corrected chi connectivity index (χ2v) is 8.07. The number of anilines is 1. The van der Waals surface area contributed by atoms with Gasteiger partial charge in [-0.25, -0.2) is 14.4 Å². The number of halogens is 1. The number of rotatable bonds is 6. The SMILES string of the molecule is CC(=O)N(Cc1ccc(F)c(-c2ccc3ncnc(NC4CC4)c3c2)c1)C1CC1. The highest BCUT2D eigenvalue weighted by Gasteiger charge is 2.30. The molecule has 148 valence electrons. The van der Waals surface area contributed by atoms with Crippen molar-refractivity contribution in [3.8, 4) is 11.1 Å². The first-order valence-electron chi connectivity index (χ1n) is 10.2. The Kier molecular flexibility index (Phi) is 4.42. The summed E-state index contributed by atoms with van der Waals surface area (Å²) in [5.41, 5.74) is 3.08. The Hall–Kier alpha value is -3.02. The lowest BCUT2D eigenvalue weighted by Gasteiger charge is -2.21. The number of carbonyl (C=O) groups is 1. The molecule has 5 rings (SSSR count). The minimum absolute atomic E-state index is 0.0667. The third kappa shape index (κ3) is 3.79. The standard InChI is InChI=1S/C23H23FN4O/c1-14(29)28(18-6-7-18)12-15-2-8-21(24)19(10-15)16-3-9-22-20(11-16)23(26-13-25-22)27-17-4-5-17/h2-3,8-11,13,17-18H,4-7,12H2,1H3,(H,25,26,27). The summed E-state index contributed by atoms with van der Waals surface area (Å²) in [7, 11) is 0. The fraction of sp³-hybridized carbons (Fsp3) is 0.348. The second kappa shape index (κ2) is 7.10. The Morgan fingerprint density at radius 2 is 1.97 bits per heavy atom. The van der Waals surface area contributed by atoms with Crippen molar-refractivity contribution in [2.75, 3.05) is 5.32 Å². The van der Waals surface area contributed by atoms with Gasteiger partial charge in [0.2, 0.25) is 5.91 Å². The molecule has 0 radical (unpaired) electrons. The summed E-state index contributed by atoms with van der Waals surface area (Å²) in [4.78, 5) is 22.6. The van der Waals surface area contributed by atoms with E-state index in [4.69, 9.17) is 0 Å². The number of amides is 1. The first-order valence-corrected chi connectivity index (χ1v) is 10.2. The molecule has 2 aliphatic rings. The zero-order chi connectivity index (χ0) is 20.0. The van der Waals surface area contributed by atoms with E-state index in [0.29, 0.717) is 24.2 Å². The molecule has 29 heavy (non-hydrogen) atoms. The van der Waals surface area contributed by atoms with E-state index in [9.17, 15) is 9.18 Å². The number of nitrogens with zero attached hydrogens (tertiary/aromatic N) is 3. The molecule has 0 bridgehead atoms. The number of benzene rings is 2. The van der Waals surface area contributed by atoms with Crippen LogP contribution in [0.15, 0.2) is 42.7 Å². The number of hydrogen-bond acceptors (Lipinski definition) is 4. The Balaban J connectivity index is 1.51. The van der Waals surface area contributed by atoms with Crippen molar-refractivity contribution in [1.82, 2.24) is 14.9 Å². The van der Waals surface area contributed by atoms with E-state index in [0.717, 1.165) is 53.5 Å². The van der Waals surface area contributed by atoms with E-state index in [1.807, 2.05) is 29.2 Å². The average molecular weight is 390 g/mol. The van der Waals surface area contributed by atoms with Crippen molar-refractivity contribution in [2.24, 2.45) is 0 Å². The molecule has 2 aromatic carbocycles. The predicted octanol–water partition coefficient (Wildman–Crippen LogP) is 4.52. The quantitative estimate of drug-likeness (QED) is 0.672. The van der Waals surface area contributed by atoms with Crippen molar-refractivity contribution < 1.29 is 9.18 Å². The van der Waals surface area contributed by atoms with E-state index in [1.165, 1.54) is 6.07 Å². The first kappa shape index (κ1) is 18.0. The molecule has 1 aromatic heterocycles. The van der Waals surface area contributed by atoms with Gasteiger partial charge in [-0.05, 0) is 61.1 Å². The van der Waals surface area contributed by atoms with Crippen molar-refractivity contribution in [2.45, 2.75) is 51.2 Å². The number of aromatic nitrogens is 2. The molecule has 6 heteroatoms. The highest BCUT2D eigenvalue weighted by atomic mass is 19.1. The molecule has 5 nitrogen and oxygen atoms in total. The smallest absolute Gasteiger partial charge is 0.219 e. The highest BCUT2D eigenvalue weighted by Crippen LogP contribution is 2.33. The maximum Gasteiger partial charge on any atom is 0.219 e. The zero-order valence-electron chi connectivity index (χ0n) is 16.4. The maximum absolute atomic E-state index is 14.7. The normalized spacial score (nSPS) is 16.1. The van der Waals surface area contributed by atoms with Crippen LogP contribution in [0.1, 0.15) is 38.2 Å². The van der Waals surface area contributed by atoms with Gasteiger partial charge in [-0.15, -0.1) is 0 Å². The van der Waals surface area contributed by atoms with Crippen LogP contribution in [0.3, 0.4) is 0 Å². The van der Waals surface area contributed by atoms with Gasteiger partial charge in [-0.1, -0.05) is 12.1 Å². The van der Waals surface area contributed by atoms with Gasteiger partial charge in [0.1, 0.15) is 18.0 Å². The topological polar surface area (TPSA) is 58.1 Å². The lowest BCUT2D eigenvalue weighted by molar-refractivity contribution is -0.130. The molecule has 0 atom stereocenters. The van der Waals surface area contributed by atoms with Gasteiger partial charge in [-0.3, -0.25) is 4.79 Å². The minimum atomic E-state index is -0.276. The molecule has 2 aliphatic carbocycles. The number of nitrogens with one attached hydrogen (secondary N) is 1. The molecule has 1 N–H and O–H groups in total. The predicted molar refractivity (Wildman–Crippen MR) is 111 cm³/mol. The van der Waals surface area contributed by atoms with Crippen LogP contribution in [0.4, 0.5) is 10.2 Å². The first-order chi connectivity index (χ1) is 14.1. The fourth-order valence-corrected chi connectivity index (χ4v) is 3.73. The summed E-state index contributed by atoms with van der Waals surface area (Å²) in [6, 6.07) is 11.7. The summed E-state index contributed by atoms with van der Waals surface area (Å²) in [6.45, 7) is 2.11. The average Bonchev–Trinajstić information content (AvgIpc) is 3.62. The van der Waals surface area contributed by atoms with Crippen molar-refractivity contribution in [3.05, 3.63) is 54.1 Å². The maximum atomic E-state index is 14.7. The van der Waals surface area contributed by atoms with Gasteiger partial charge in [0.05, 0.1) is 5.52 Å². The van der Waals surface area contributed by atoms with E-state index in [2.05, 4.69) is 15.3 Å². The van der Waals surface area contributed by atoms with E-state index < -0.39 is 0 Å². The number of carbonyl (C=O) groups excluding carboxylic acids is 1. The van der Waals surface area contributed by atoms with Gasteiger partial charge in [0, 0.05) is 36.5 Å². The van der Waals surface area contributed by atoms with Crippen molar-refractivity contribution >= 4 is 22.6 Å².